The molecule has 0 bridgehead atoms. The highest BCUT2D eigenvalue weighted by molar-refractivity contribution is 7.89. The van der Waals surface area contributed by atoms with Gasteiger partial charge >= 0.3 is 0 Å². The third-order valence-electron chi connectivity index (χ3n) is 5.51. The zero-order valence-corrected chi connectivity index (χ0v) is 18.5. The summed E-state index contributed by atoms with van der Waals surface area (Å²) in [6.45, 7) is 3.37. The first-order valence-electron chi connectivity index (χ1n) is 10.4. The van der Waals surface area contributed by atoms with Gasteiger partial charge in [-0.25, -0.2) is 8.42 Å². The van der Waals surface area contributed by atoms with Crippen molar-refractivity contribution >= 4 is 15.9 Å². The number of ether oxygens (including phenoxy) is 1. The highest BCUT2D eigenvalue weighted by atomic mass is 32.2. The Morgan fingerprint density at radius 2 is 1.70 bits per heavy atom. The molecule has 0 spiro atoms. The van der Waals surface area contributed by atoms with E-state index in [1.165, 1.54) is 6.07 Å². The van der Waals surface area contributed by atoms with Gasteiger partial charge in [-0.05, 0) is 61.6 Å². The summed E-state index contributed by atoms with van der Waals surface area (Å²) in [4.78, 5) is 12.9. The van der Waals surface area contributed by atoms with Crippen LogP contribution < -0.4 is 10.1 Å². The van der Waals surface area contributed by atoms with E-state index in [1.54, 1.807) is 23.5 Å². The van der Waals surface area contributed by atoms with E-state index < -0.39 is 10.0 Å². The topological polar surface area (TPSA) is 75.7 Å². The van der Waals surface area contributed by atoms with Crippen molar-refractivity contribution in [3.8, 4) is 5.75 Å². The SMILES string of the molecule is COc1ccc(CCNC(=O)c2cc(S(=O)(=O)N3CCCCCC3)ccc2C)cc1. The lowest BCUT2D eigenvalue weighted by Crippen LogP contribution is -2.32. The molecule has 2 aromatic rings. The lowest BCUT2D eigenvalue weighted by molar-refractivity contribution is 0.0953. The largest absolute Gasteiger partial charge is 0.497 e. The molecule has 1 aliphatic rings. The minimum atomic E-state index is -3.59. The number of carbonyl (C=O) groups is 1. The van der Waals surface area contributed by atoms with Gasteiger partial charge in [0, 0.05) is 25.2 Å². The van der Waals surface area contributed by atoms with E-state index in [0.717, 1.165) is 42.6 Å². The molecule has 0 saturated carbocycles. The number of amides is 1. The van der Waals surface area contributed by atoms with Gasteiger partial charge in [0.15, 0.2) is 0 Å². The van der Waals surface area contributed by atoms with Gasteiger partial charge in [0.25, 0.3) is 5.91 Å². The average Bonchev–Trinajstić information content (AvgIpc) is 3.04. The Labute approximate surface area is 179 Å². The van der Waals surface area contributed by atoms with Crippen LogP contribution in [-0.4, -0.2) is 45.4 Å². The lowest BCUT2D eigenvalue weighted by atomic mass is 10.1. The van der Waals surface area contributed by atoms with Crippen LogP contribution >= 0.6 is 0 Å². The predicted octanol–water partition coefficient (Wildman–Crippen LogP) is 3.54. The number of nitrogens with zero attached hydrogens (tertiary/aromatic N) is 1. The van der Waals surface area contributed by atoms with E-state index >= 15 is 0 Å². The van der Waals surface area contributed by atoms with Gasteiger partial charge in [-0.1, -0.05) is 31.0 Å². The van der Waals surface area contributed by atoms with Crippen molar-refractivity contribution in [3.05, 3.63) is 59.2 Å². The van der Waals surface area contributed by atoms with Crippen molar-refractivity contribution in [1.29, 1.82) is 0 Å². The summed E-state index contributed by atoms with van der Waals surface area (Å²) in [5, 5.41) is 2.91. The number of benzene rings is 2. The molecule has 1 amide bonds. The smallest absolute Gasteiger partial charge is 0.251 e. The molecular formula is C23H30N2O4S. The van der Waals surface area contributed by atoms with Crippen molar-refractivity contribution in [2.24, 2.45) is 0 Å². The molecule has 3 rings (SSSR count). The first-order valence-corrected chi connectivity index (χ1v) is 11.9. The van der Waals surface area contributed by atoms with Gasteiger partial charge in [0.2, 0.25) is 10.0 Å². The van der Waals surface area contributed by atoms with E-state index in [0.29, 0.717) is 31.6 Å². The standard InChI is InChI=1S/C23H30N2O4S/c1-18-7-12-21(30(27,28)25-15-5-3-4-6-16-25)17-22(18)23(26)24-14-13-19-8-10-20(29-2)11-9-19/h7-12,17H,3-6,13-16H2,1-2H3,(H,24,26). The van der Waals surface area contributed by atoms with Crippen LogP contribution in [0.25, 0.3) is 0 Å². The first kappa shape index (κ1) is 22.3. The van der Waals surface area contributed by atoms with E-state index in [-0.39, 0.29) is 10.8 Å². The number of carbonyl (C=O) groups excluding carboxylic acids is 1. The summed E-state index contributed by atoms with van der Waals surface area (Å²) in [5.74, 6) is 0.537. The molecule has 1 saturated heterocycles. The molecule has 2 aromatic carbocycles. The number of sulfonamides is 1. The van der Waals surface area contributed by atoms with Crippen LogP contribution in [0.15, 0.2) is 47.4 Å². The van der Waals surface area contributed by atoms with Gasteiger partial charge < -0.3 is 10.1 Å². The minimum Gasteiger partial charge on any atom is -0.497 e. The Hall–Kier alpha value is -2.38. The summed E-state index contributed by atoms with van der Waals surface area (Å²) in [5.41, 5.74) is 2.25. The van der Waals surface area contributed by atoms with Gasteiger partial charge in [0.1, 0.15) is 5.75 Å². The van der Waals surface area contributed by atoms with Crippen molar-refractivity contribution in [2.45, 2.75) is 43.9 Å². The van der Waals surface area contributed by atoms with Gasteiger partial charge in [-0.3, -0.25) is 4.79 Å². The summed E-state index contributed by atoms with van der Waals surface area (Å²) < 4.78 is 32.8. The van der Waals surface area contributed by atoms with Crippen molar-refractivity contribution in [3.63, 3.8) is 0 Å². The van der Waals surface area contributed by atoms with Gasteiger partial charge in [-0.2, -0.15) is 4.31 Å². The molecule has 1 N–H and O–H groups in total. The fourth-order valence-corrected chi connectivity index (χ4v) is 5.19. The number of hydrogen-bond acceptors (Lipinski definition) is 4. The second-order valence-corrected chi connectivity index (χ2v) is 9.59. The van der Waals surface area contributed by atoms with E-state index in [9.17, 15) is 13.2 Å². The lowest BCUT2D eigenvalue weighted by Gasteiger charge is -2.20. The van der Waals surface area contributed by atoms with Crippen LogP contribution in [0.3, 0.4) is 0 Å². The van der Waals surface area contributed by atoms with Crippen LogP contribution in [0, 0.1) is 6.92 Å². The molecule has 0 aliphatic carbocycles. The van der Waals surface area contributed by atoms with E-state index in [2.05, 4.69) is 5.32 Å². The van der Waals surface area contributed by atoms with Crippen molar-refractivity contribution in [1.82, 2.24) is 9.62 Å². The van der Waals surface area contributed by atoms with Crippen LogP contribution in [0.1, 0.15) is 47.2 Å². The first-order chi connectivity index (χ1) is 14.4. The third-order valence-corrected chi connectivity index (χ3v) is 7.41. The zero-order valence-electron chi connectivity index (χ0n) is 17.7. The second-order valence-electron chi connectivity index (χ2n) is 7.65. The number of nitrogens with one attached hydrogen (secondary N) is 1. The maximum absolute atomic E-state index is 13.1. The van der Waals surface area contributed by atoms with Crippen LogP contribution in [0.4, 0.5) is 0 Å². The molecule has 30 heavy (non-hydrogen) atoms. The fourth-order valence-electron chi connectivity index (χ4n) is 3.65. The summed E-state index contributed by atoms with van der Waals surface area (Å²) in [6.07, 6.45) is 4.55. The molecule has 1 heterocycles. The Bertz CT molecular complexity index is 963. The van der Waals surface area contributed by atoms with E-state index in [1.807, 2.05) is 31.2 Å². The van der Waals surface area contributed by atoms with Gasteiger partial charge in [-0.15, -0.1) is 0 Å². The maximum Gasteiger partial charge on any atom is 0.251 e. The van der Waals surface area contributed by atoms with E-state index in [4.69, 9.17) is 4.74 Å². The van der Waals surface area contributed by atoms with Crippen molar-refractivity contribution in [2.75, 3.05) is 26.7 Å². The Morgan fingerprint density at radius 1 is 1.03 bits per heavy atom. The maximum atomic E-state index is 13.1. The molecule has 6 nitrogen and oxygen atoms in total. The van der Waals surface area contributed by atoms with Crippen LogP contribution in [0.2, 0.25) is 0 Å². The Balaban J connectivity index is 1.68. The number of methoxy groups -OCH3 is 1. The van der Waals surface area contributed by atoms with Crippen molar-refractivity contribution < 1.29 is 17.9 Å². The summed E-state index contributed by atoms with van der Waals surface area (Å²) in [6, 6.07) is 12.5. The Kier molecular flexibility index (Phi) is 7.50. The number of aryl methyl sites for hydroxylation is 1. The number of hydrogen-bond donors (Lipinski definition) is 1. The van der Waals surface area contributed by atoms with Gasteiger partial charge in [0.05, 0.1) is 12.0 Å². The van der Waals surface area contributed by atoms with Crippen LogP contribution in [-0.2, 0) is 16.4 Å². The third kappa shape index (κ3) is 5.40. The Morgan fingerprint density at radius 3 is 2.33 bits per heavy atom. The number of rotatable bonds is 7. The average molecular weight is 431 g/mol. The van der Waals surface area contributed by atoms with Crippen LogP contribution in [0.5, 0.6) is 5.75 Å². The molecule has 162 valence electrons. The minimum absolute atomic E-state index is 0.190. The predicted molar refractivity (Wildman–Crippen MR) is 117 cm³/mol. The monoisotopic (exact) mass is 430 g/mol. The molecule has 0 radical (unpaired) electrons. The molecule has 7 heteroatoms. The highest BCUT2D eigenvalue weighted by Crippen LogP contribution is 2.22. The fraction of sp³-hybridized carbons (Fsp3) is 0.435. The summed E-state index contributed by atoms with van der Waals surface area (Å²) in [7, 11) is -1.96. The molecule has 1 aliphatic heterocycles. The second kappa shape index (κ2) is 10.1. The molecule has 0 atom stereocenters. The molecule has 0 unspecified atom stereocenters. The molecule has 0 aromatic heterocycles. The quantitative estimate of drug-likeness (QED) is 0.729. The normalized spacial score (nSPS) is 15.4. The molecule has 1 fully saturated rings. The molecular weight excluding hydrogens is 400 g/mol. The summed E-state index contributed by atoms with van der Waals surface area (Å²) >= 11 is 0. The zero-order chi connectivity index (χ0) is 21.6. The highest BCUT2D eigenvalue weighted by Gasteiger charge is 2.26.